The maximum absolute atomic E-state index is 11.9. The fraction of sp³-hybridized carbons (Fsp3) is 0.571. The lowest BCUT2D eigenvalue weighted by atomic mass is 10.3. The number of aromatic nitrogens is 1. The van der Waals surface area contributed by atoms with Gasteiger partial charge >= 0.3 is 0 Å². The van der Waals surface area contributed by atoms with Crippen LogP contribution in [0.1, 0.15) is 17.4 Å². The summed E-state index contributed by atoms with van der Waals surface area (Å²) in [6, 6.07) is 3.58. The Morgan fingerprint density at radius 1 is 1.40 bits per heavy atom. The number of rotatable bonds is 9. The van der Waals surface area contributed by atoms with Crippen molar-refractivity contribution in [3.63, 3.8) is 0 Å². The average molecular weight is 280 g/mol. The normalized spacial score (nSPS) is 10.6. The number of hydrogen-bond acceptors (Lipinski definition) is 5. The van der Waals surface area contributed by atoms with Gasteiger partial charge in [0.05, 0.1) is 18.5 Å². The molecule has 1 aromatic heterocycles. The average Bonchev–Trinajstić information content (AvgIpc) is 2.46. The summed E-state index contributed by atoms with van der Waals surface area (Å²) < 4.78 is 5.00. The number of carbonyl (C=O) groups is 1. The Morgan fingerprint density at radius 3 is 2.80 bits per heavy atom. The molecule has 0 bridgehead atoms. The lowest BCUT2D eigenvalue weighted by Gasteiger charge is -2.16. The second-order valence-electron chi connectivity index (χ2n) is 4.51. The van der Waals surface area contributed by atoms with Gasteiger partial charge in [-0.05, 0) is 26.1 Å². The van der Waals surface area contributed by atoms with Gasteiger partial charge in [0, 0.05) is 33.3 Å². The maximum atomic E-state index is 11.9. The largest absolute Gasteiger partial charge is 0.384 e. The Labute approximate surface area is 120 Å². The first-order chi connectivity index (χ1) is 9.67. The predicted molar refractivity (Wildman–Crippen MR) is 80.1 cm³/mol. The van der Waals surface area contributed by atoms with Crippen LogP contribution < -0.4 is 10.6 Å². The first-order valence-electron chi connectivity index (χ1n) is 6.83. The molecule has 1 aromatic rings. The molecule has 0 fully saturated rings. The highest BCUT2D eigenvalue weighted by atomic mass is 16.5. The molecule has 0 aromatic carbocycles. The lowest BCUT2D eigenvalue weighted by Crippen LogP contribution is -2.34. The van der Waals surface area contributed by atoms with Gasteiger partial charge in [-0.1, -0.05) is 0 Å². The van der Waals surface area contributed by atoms with Crippen LogP contribution in [0.5, 0.6) is 0 Å². The Bertz CT molecular complexity index is 395. The van der Waals surface area contributed by atoms with Gasteiger partial charge in [-0.15, -0.1) is 0 Å². The fourth-order valence-electron chi connectivity index (χ4n) is 1.65. The summed E-state index contributed by atoms with van der Waals surface area (Å²) in [6.45, 7) is 5.77. The summed E-state index contributed by atoms with van der Waals surface area (Å²) in [6.07, 6.45) is 1.67. The van der Waals surface area contributed by atoms with Crippen molar-refractivity contribution in [1.29, 1.82) is 0 Å². The van der Waals surface area contributed by atoms with Gasteiger partial charge in [-0.2, -0.15) is 0 Å². The number of nitrogens with one attached hydrogen (secondary N) is 2. The van der Waals surface area contributed by atoms with E-state index in [-0.39, 0.29) is 5.91 Å². The van der Waals surface area contributed by atoms with Gasteiger partial charge in [0.15, 0.2) is 0 Å². The van der Waals surface area contributed by atoms with E-state index in [1.807, 2.05) is 20.0 Å². The molecular weight excluding hydrogens is 256 g/mol. The van der Waals surface area contributed by atoms with Crippen LogP contribution in [-0.4, -0.2) is 62.7 Å². The Hall–Kier alpha value is -1.66. The molecule has 0 aliphatic carbocycles. The molecule has 6 nitrogen and oxygen atoms in total. The van der Waals surface area contributed by atoms with Crippen LogP contribution in [0.25, 0.3) is 0 Å². The van der Waals surface area contributed by atoms with Crippen LogP contribution in [0.4, 0.5) is 5.69 Å². The highest BCUT2D eigenvalue weighted by molar-refractivity contribution is 5.92. The van der Waals surface area contributed by atoms with Crippen molar-refractivity contribution < 1.29 is 9.53 Å². The van der Waals surface area contributed by atoms with Crippen molar-refractivity contribution in [2.75, 3.05) is 52.3 Å². The minimum atomic E-state index is -0.145. The minimum absolute atomic E-state index is 0.145. The molecule has 0 aliphatic heterocycles. The second kappa shape index (κ2) is 9.28. The van der Waals surface area contributed by atoms with E-state index < -0.39 is 0 Å². The topological polar surface area (TPSA) is 66.5 Å². The standard InChI is InChI=1S/C14H24N4O2/c1-4-15-12-5-6-13(17-11-12)14(19)16-7-8-18(2)9-10-20-3/h5-6,11,15H,4,7-10H2,1-3H3,(H,16,19). The van der Waals surface area contributed by atoms with Crippen molar-refractivity contribution >= 4 is 11.6 Å². The molecule has 0 aliphatic rings. The molecule has 0 atom stereocenters. The molecule has 0 spiro atoms. The highest BCUT2D eigenvalue weighted by Crippen LogP contribution is 2.05. The number of amides is 1. The zero-order valence-corrected chi connectivity index (χ0v) is 12.5. The quantitative estimate of drug-likeness (QED) is 0.701. The molecule has 6 heteroatoms. The molecular formula is C14H24N4O2. The molecule has 1 amide bonds. The number of methoxy groups -OCH3 is 1. The Kier molecular flexibility index (Phi) is 7.60. The number of ether oxygens (including phenoxy) is 1. The molecule has 1 rings (SSSR count). The van der Waals surface area contributed by atoms with E-state index in [2.05, 4.69) is 20.5 Å². The van der Waals surface area contributed by atoms with E-state index in [0.29, 0.717) is 18.8 Å². The zero-order valence-electron chi connectivity index (χ0n) is 12.5. The van der Waals surface area contributed by atoms with Crippen molar-refractivity contribution in [1.82, 2.24) is 15.2 Å². The van der Waals surface area contributed by atoms with Crippen LogP contribution in [-0.2, 0) is 4.74 Å². The summed E-state index contributed by atoms with van der Waals surface area (Å²) >= 11 is 0. The first kappa shape index (κ1) is 16.4. The molecule has 0 radical (unpaired) electrons. The van der Waals surface area contributed by atoms with Crippen molar-refractivity contribution in [2.24, 2.45) is 0 Å². The molecule has 1 heterocycles. The predicted octanol–water partition coefficient (Wildman–Crippen LogP) is 0.821. The summed E-state index contributed by atoms with van der Waals surface area (Å²) in [4.78, 5) is 18.1. The first-order valence-corrected chi connectivity index (χ1v) is 6.83. The zero-order chi connectivity index (χ0) is 14.8. The van der Waals surface area contributed by atoms with E-state index in [9.17, 15) is 4.79 Å². The van der Waals surface area contributed by atoms with Crippen molar-refractivity contribution in [2.45, 2.75) is 6.92 Å². The third kappa shape index (κ3) is 5.99. The molecule has 20 heavy (non-hydrogen) atoms. The summed E-state index contributed by atoms with van der Waals surface area (Å²) in [7, 11) is 3.67. The third-order valence-corrected chi connectivity index (χ3v) is 2.83. The van der Waals surface area contributed by atoms with Gasteiger partial charge < -0.3 is 20.3 Å². The van der Waals surface area contributed by atoms with Crippen molar-refractivity contribution in [3.8, 4) is 0 Å². The van der Waals surface area contributed by atoms with Gasteiger partial charge in [0.1, 0.15) is 5.69 Å². The second-order valence-corrected chi connectivity index (χ2v) is 4.51. The number of anilines is 1. The number of nitrogens with zero attached hydrogens (tertiary/aromatic N) is 2. The van der Waals surface area contributed by atoms with Crippen LogP contribution >= 0.6 is 0 Å². The number of pyridine rings is 1. The monoisotopic (exact) mass is 280 g/mol. The number of likely N-dealkylation sites (N-methyl/N-ethyl adjacent to an activating group) is 1. The van der Waals surface area contributed by atoms with Crippen molar-refractivity contribution in [3.05, 3.63) is 24.0 Å². The number of carbonyl (C=O) groups excluding carboxylic acids is 1. The number of hydrogen-bond donors (Lipinski definition) is 2. The van der Waals surface area contributed by atoms with Gasteiger partial charge in [0.25, 0.3) is 5.91 Å². The summed E-state index contributed by atoms with van der Waals surface area (Å²) in [5.74, 6) is -0.145. The van der Waals surface area contributed by atoms with E-state index in [1.54, 1.807) is 19.4 Å². The maximum Gasteiger partial charge on any atom is 0.269 e. The van der Waals surface area contributed by atoms with E-state index in [0.717, 1.165) is 25.3 Å². The Balaban J connectivity index is 2.31. The van der Waals surface area contributed by atoms with E-state index in [1.165, 1.54) is 0 Å². The van der Waals surface area contributed by atoms with Gasteiger partial charge in [-0.25, -0.2) is 4.98 Å². The summed E-state index contributed by atoms with van der Waals surface area (Å²) in [5.41, 5.74) is 1.36. The summed E-state index contributed by atoms with van der Waals surface area (Å²) in [5, 5.41) is 5.99. The molecule has 0 unspecified atom stereocenters. The van der Waals surface area contributed by atoms with E-state index in [4.69, 9.17) is 4.74 Å². The van der Waals surface area contributed by atoms with Gasteiger partial charge in [0.2, 0.25) is 0 Å². The smallest absolute Gasteiger partial charge is 0.269 e. The van der Waals surface area contributed by atoms with E-state index >= 15 is 0 Å². The highest BCUT2D eigenvalue weighted by Gasteiger charge is 2.06. The van der Waals surface area contributed by atoms with Crippen LogP contribution in [0, 0.1) is 0 Å². The molecule has 112 valence electrons. The Morgan fingerprint density at radius 2 is 2.20 bits per heavy atom. The fourth-order valence-corrected chi connectivity index (χ4v) is 1.65. The van der Waals surface area contributed by atoms with Crippen LogP contribution in [0.2, 0.25) is 0 Å². The van der Waals surface area contributed by atoms with Gasteiger partial charge in [-0.3, -0.25) is 4.79 Å². The molecule has 0 saturated carbocycles. The molecule has 0 saturated heterocycles. The van der Waals surface area contributed by atoms with Crippen LogP contribution in [0.15, 0.2) is 18.3 Å². The SMILES string of the molecule is CCNc1ccc(C(=O)NCCN(C)CCOC)nc1. The molecule has 2 N–H and O–H groups in total. The third-order valence-electron chi connectivity index (χ3n) is 2.83. The van der Waals surface area contributed by atoms with Crippen LogP contribution in [0.3, 0.4) is 0 Å². The minimum Gasteiger partial charge on any atom is -0.384 e. The lowest BCUT2D eigenvalue weighted by molar-refractivity contribution is 0.0942.